The Hall–Kier alpha value is -0.920. The van der Waals surface area contributed by atoms with Gasteiger partial charge in [-0.1, -0.05) is 0 Å². The van der Waals surface area contributed by atoms with Crippen molar-refractivity contribution in [1.82, 2.24) is 14.7 Å². The van der Waals surface area contributed by atoms with Gasteiger partial charge in [0.05, 0.1) is 18.4 Å². The fourth-order valence-corrected chi connectivity index (χ4v) is 3.29. The highest BCUT2D eigenvalue weighted by Gasteiger charge is 2.30. The van der Waals surface area contributed by atoms with Crippen LogP contribution in [0.2, 0.25) is 0 Å². The zero-order valence-electron chi connectivity index (χ0n) is 12.9. The number of aromatic nitrogens is 2. The summed E-state index contributed by atoms with van der Waals surface area (Å²) in [6.07, 6.45) is 2.85. The summed E-state index contributed by atoms with van der Waals surface area (Å²) in [4.78, 5) is 16.7. The summed E-state index contributed by atoms with van der Waals surface area (Å²) < 4.78 is 2.11. The van der Waals surface area contributed by atoms with E-state index < -0.39 is 0 Å². The molecular weight excluding hydrogens is 334 g/mol. The zero-order chi connectivity index (χ0) is 15.6. The quantitative estimate of drug-likeness (QED) is 0.841. The lowest BCUT2D eigenvalue weighted by atomic mass is 10.1. The van der Waals surface area contributed by atoms with Crippen LogP contribution in [0.25, 0.3) is 0 Å². The molecular formula is C14H24BrN5O. The summed E-state index contributed by atoms with van der Waals surface area (Å²) in [7, 11) is 3.96. The Balaban J connectivity index is 2.23. The van der Waals surface area contributed by atoms with Crippen molar-refractivity contribution in [1.29, 1.82) is 0 Å². The predicted octanol–water partition coefficient (Wildman–Crippen LogP) is 0.741. The van der Waals surface area contributed by atoms with E-state index in [-0.39, 0.29) is 5.56 Å². The van der Waals surface area contributed by atoms with Gasteiger partial charge in [0.2, 0.25) is 0 Å². The number of halogens is 1. The topological polar surface area (TPSA) is 67.4 Å². The average molecular weight is 358 g/mol. The van der Waals surface area contributed by atoms with Gasteiger partial charge in [0.15, 0.2) is 0 Å². The maximum absolute atomic E-state index is 12.4. The van der Waals surface area contributed by atoms with E-state index in [9.17, 15) is 4.79 Å². The zero-order valence-corrected chi connectivity index (χ0v) is 14.5. The van der Waals surface area contributed by atoms with Crippen LogP contribution in [0, 0.1) is 5.92 Å². The molecule has 1 aromatic rings. The van der Waals surface area contributed by atoms with Crippen LogP contribution in [0.1, 0.15) is 13.3 Å². The molecule has 0 aromatic carbocycles. The molecule has 2 rings (SSSR count). The number of hydrogen-bond acceptors (Lipinski definition) is 5. The van der Waals surface area contributed by atoms with Gasteiger partial charge >= 0.3 is 0 Å². The number of hydrogen-bond donors (Lipinski definition) is 1. The summed E-state index contributed by atoms with van der Waals surface area (Å²) in [6.45, 7) is 5.12. The standard InChI is InChI=1S/C14H24BrN5O/c1-10-6-11(7-16)9-19(10)12-8-17-20(5-4-18(2)3)14(21)13(12)15/h8,10-11H,4-7,9,16H2,1-3H3. The summed E-state index contributed by atoms with van der Waals surface area (Å²) in [5.41, 5.74) is 6.58. The molecule has 0 bridgehead atoms. The highest BCUT2D eigenvalue weighted by atomic mass is 79.9. The van der Waals surface area contributed by atoms with Crippen molar-refractivity contribution in [3.8, 4) is 0 Å². The lowest BCUT2D eigenvalue weighted by Crippen LogP contribution is -2.33. The molecule has 2 heterocycles. The molecule has 2 atom stereocenters. The third kappa shape index (κ3) is 3.64. The molecule has 0 amide bonds. The van der Waals surface area contributed by atoms with Crippen LogP contribution in [0.3, 0.4) is 0 Å². The molecule has 1 saturated heterocycles. The molecule has 2 N–H and O–H groups in total. The summed E-state index contributed by atoms with van der Waals surface area (Å²) in [5.74, 6) is 0.489. The predicted molar refractivity (Wildman–Crippen MR) is 88.7 cm³/mol. The molecule has 1 aromatic heterocycles. The van der Waals surface area contributed by atoms with E-state index in [1.165, 1.54) is 4.68 Å². The molecule has 2 unspecified atom stereocenters. The molecule has 118 valence electrons. The van der Waals surface area contributed by atoms with Crippen LogP contribution in [0.15, 0.2) is 15.5 Å². The first kappa shape index (κ1) is 16.5. The molecule has 0 saturated carbocycles. The van der Waals surface area contributed by atoms with Crippen LogP contribution in [0.4, 0.5) is 5.69 Å². The summed E-state index contributed by atoms with van der Waals surface area (Å²) in [5, 5.41) is 4.32. The second-order valence-electron chi connectivity index (χ2n) is 6.01. The monoisotopic (exact) mass is 357 g/mol. The Morgan fingerprint density at radius 2 is 2.24 bits per heavy atom. The molecule has 1 fully saturated rings. The van der Waals surface area contributed by atoms with Gasteiger partial charge < -0.3 is 15.5 Å². The number of likely N-dealkylation sites (N-methyl/N-ethyl adjacent to an activating group) is 1. The minimum absolute atomic E-state index is 0.0715. The van der Waals surface area contributed by atoms with Crippen LogP contribution in [-0.4, -0.2) is 54.5 Å². The minimum atomic E-state index is -0.0715. The van der Waals surface area contributed by atoms with E-state index in [1.807, 2.05) is 19.0 Å². The van der Waals surface area contributed by atoms with Gasteiger partial charge in [-0.15, -0.1) is 0 Å². The van der Waals surface area contributed by atoms with E-state index in [4.69, 9.17) is 5.73 Å². The lowest BCUT2D eigenvalue weighted by Gasteiger charge is -2.24. The SMILES string of the molecule is CC1CC(CN)CN1c1cnn(CCN(C)C)c(=O)c1Br. The minimum Gasteiger partial charge on any atom is -0.366 e. The first-order valence-electron chi connectivity index (χ1n) is 7.31. The highest BCUT2D eigenvalue weighted by molar-refractivity contribution is 9.10. The van der Waals surface area contributed by atoms with Crippen molar-refractivity contribution in [2.45, 2.75) is 25.9 Å². The fraction of sp³-hybridized carbons (Fsp3) is 0.714. The van der Waals surface area contributed by atoms with Crippen LogP contribution in [0.5, 0.6) is 0 Å². The van der Waals surface area contributed by atoms with Crippen molar-refractivity contribution in [3.63, 3.8) is 0 Å². The van der Waals surface area contributed by atoms with E-state index in [0.717, 1.165) is 25.2 Å². The van der Waals surface area contributed by atoms with Gasteiger partial charge in [0.1, 0.15) is 4.47 Å². The number of anilines is 1. The molecule has 0 spiro atoms. The second-order valence-corrected chi connectivity index (χ2v) is 6.81. The number of nitrogens with zero attached hydrogens (tertiary/aromatic N) is 4. The highest BCUT2D eigenvalue weighted by Crippen LogP contribution is 2.31. The van der Waals surface area contributed by atoms with Gasteiger partial charge in [-0.05, 0) is 55.8 Å². The summed E-state index contributed by atoms with van der Waals surface area (Å²) in [6, 6.07) is 0.383. The third-order valence-electron chi connectivity index (χ3n) is 4.03. The largest absolute Gasteiger partial charge is 0.366 e. The maximum atomic E-state index is 12.4. The molecule has 1 aliphatic rings. The smallest absolute Gasteiger partial charge is 0.283 e. The third-order valence-corrected chi connectivity index (χ3v) is 4.78. The van der Waals surface area contributed by atoms with Gasteiger partial charge in [0, 0.05) is 19.1 Å². The van der Waals surface area contributed by atoms with Crippen LogP contribution >= 0.6 is 15.9 Å². The molecule has 0 aliphatic carbocycles. The van der Waals surface area contributed by atoms with E-state index >= 15 is 0 Å². The lowest BCUT2D eigenvalue weighted by molar-refractivity contribution is 0.367. The first-order valence-corrected chi connectivity index (χ1v) is 8.10. The maximum Gasteiger partial charge on any atom is 0.283 e. The van der Waals surface area contributed by atoms with E-state index in [2.05, 4.69) is 32.9 Å². The Morgan fingerprint density at radius 1 is 1.52 bits per heavy atom. The van der Waals surface area contributed by atoms with Crippen molar-refractivity contribution in [2.75, 3.05) is 38.6 Å². The molecule has 0 radical (unpaired) electrons. The average Bonchev–Trinajstić information content (AvgIpc) is 2.81. The molecule has 21 heavy (non-hydrogen) atoms. The van der Waals surface area contributed by atoms with Gasteiger partial charge in [-0.3, -0.25) is 4.79 Å². The fourth-order valence-electron chi connectivity index (χ4n) is 2.76. The molecule has 6 nitrogen and oxygen atoms in total. The van der Waals surface area contributed by atoms with E-state index in [1.54, 1.807) is 6.20 Å². The Labute approximate surface area is 134 Å². The van der Waals surface area contributed by atoms with Gasteiger partial charge in [0.25, 0.3) is 5.56 Å². The van der Waals surface area contributed by atoms with E-state index in [0.29, 0.717) is 29.5 Å². The van der Waals surface area contributed by atoms with Crippen LogP contribution < -0.4 is 16.2 Å². The number of rotatable bonds is 5. The molecule has 1 aliphatic heterocycles. The Bertz CT molecular complexity index is 545. The van der Waals surface area contributed by atoms with Crippen molar-refractivity contribution in [3.05, 3.63) is 21.0 Å². The number of nitrogens with two attached hydrogens (primary N) is 1. The second kappa shape index (κ2) is 6.89. The van der Waals surface area contributed by atoms with Crippen molar-refractivity contribution < 1.29 is 0 Å². The Morgan fingerprint density at radius 3 is 2.81 bits per heavy atom. The van der Waals surface area contributed by atoms with Crippen molar-refractivity contribution in [2.24, 2.45) is 11.7 Å². The van der Waals surface area contributed by atoms with Gasteiger partial charge in [-0.25, -0.2) is 4.68 Å². The molecule has 7 heteroatoms. The summed E-state index contributed by atoms with van der Waals surface area (Å²) >= 11 is 3.46. The van der Waals surface area contributed by atoms with Gasteiger partial charge in [-0.2, -0.15) is 5.10 Å². The Kier molecular flexibility index (Phi) is 5.40. The normalized spacial score (nSPS) is 22.3. The van der Waals surface area contributed by atoms with Crippen molar-refractivity contribution >= 4 is 21.6 Å². The first-order chi connectivity index (χ1) is 9.93. The van der Waals surface area contributed by atoms with Crippen LogP contribution in [-0.2, 0) is 6.54 Å².